The maximum Gasteiger partial charge on any atom is 0.196 e. The second-order valence-electron chi connectivity index (χ2n) is 6.04. The predicted octanol–water partition coefficient (Wildman–Crippen LogP) is 5.31. The number of benzene rings is 2. The zero-order valence-corrected chi connectivity index (χ0v) is 20.0. The minimum absolute atomic E-state index is 0.0380. The largest absolute Gasteiger partial charge is 0.398 e. The number of ketones is 1. The highest BCUT2D eigenvalue weighted by Crippen LogP contribution is 2.36. The van der Waals surface area contributed by atoms with Crippen molar-refractivity contribution < 1.29 is 18.7 Å². The fourth-order valence-electron chi connectivity index (χ4n) is 2.71. The van der Waals surface area contributed by atoms with E-state index in [0.29, 0.717) is 46.5 Å². The summed E-state index contributed by atoms with van der Waals surface area (Å²) in [5.74, 6) is -0.879. The Balaban J connectivity index is 2.22. The van der Waals surface area contributed by atoms with Crippen molar-refractivity contribution >= 4 is 54.9 Å². The van der Waals surface area contributed by atoms with Crippen LogP contribution in [0.3, 0.4) is 0 Å². The lowest BCUT2D eigenvalue weighted by Gasteiger charge is -2.19. The highest BCUT2D eigenvalue weighted by molar-refractivity contribution is 9.11. The van der Waals surface area contributed by atoms with Gasteiger partial charge in [0.2, 0.25) is 0 Å². The van der Waals surface area contributed by atoms with Crippen LogP contribution >= 0.6 is 43.5 Å². The van der Waals surface area contributed by atoms with Gasteiger partial charge in [-0.2, -0.15) is 0 Å². The maximum absolute atomic E-state index is 13.3. The first kappa shape index (κ1) is 24.2. The van der Waals surface area contributed by atoms with E-state index in [-0.39, 0.29) is 22.7 Å². The van der Waals surface area contributed by atoms with Crippen LogP contribution in [0.15, 0.2) is 33.2 Å². The van der Waals surface area contributed by atoms with Crippen LogP contribution in [0.25, 0.3) is 0 Å². The summed E-state index contributed by atoms with van der Waals surface area (Å²) < 4.78 is 25.3. The monoisotopic (exact) mass is 550 g/mol. The van der Waals surface area contributed by atoms with E-state index in [0.717, 1.165) is 11.6 Å². The Kier molecular flexibility index (Phi) is 9.52. The zero-order chi connectivity index (χ0) is 21.6. The molecule has 0 atom stereocenters. The van der Waals surface area contributed by atoms with Gasteiger partial charge in [-0.05, 0) is 75.5 Å². The van der Waals surface area contributed by atoms with E-state index >= 15 is 0 Å². The highest BCUT2D eigenvalue weighted by Gasteiger charge is 2.22. The molecule has 2 rings (SSSR count). The van der Waals surface area contributed by atoms with Crippen LogP contribution < -0.4 is 11.1 Å². The molecule has 2 aromatic rings. The zero-order valence-electron chi connectivity index (χ0n) is 16.0. The number of nitrogen functional groups attached to an aromatic ring is 1. The molecule has 0 heterocycles. The lowest BCUT2D eigenvalue weighted by molar-refractivity contribution is -0.133. The number of anilines is 1. The summed E-state index contributed by atoms with van der Waals surface area (Å²) >= 11 is 12.9. The first-order valence-corrected chi connectivity index (χ1v) is 11.0. The molecule has 29 heavy (non-hydrogen) atoms. The number of ether oxygens (including phenoxy) is 2. The lowest BCUT2D eigenvalue weighted by atomic mass is 10.0. The Morgan fingerprint density at radius 2 is 1.90 bits per heavy atom. The van der Waals surface area contributed by atoms with Gasteiger partial charge in [0.05, 0.1) is 20.7 Å². The summed E-state index contributed by atoms with van der Waals surface area (Å²) in [4.78, 5) is 13.0. The molecule has 0 fully saturated rings. The molecule has 0 spiro atoms. The smallest absolute Gasteiger partial charge is 0.196 e. The molecule has 9 heteroatoms. The fraction of sp³-hybridized carbons (Fsp3) is 0.350. The molecule has 0 aromatic heterocycles. The molecule has 0 unspecified atom stereocenters. The topological polar surface area (TPSA) is 73.6 Å². The summed E-state index contributed by atoms with van der Waals surface area (Å²) in [6, 6.07) is 5.42. The minimum atomic E-state index is -0.511. The van der Waals surface area contributed by atoms with E-state index in [2.05, 4.69) is 37.2 Å². The first-order chi connectivity index (χ1) is 13.8. The van der Waals surface area contributed by atoms with E-state index < -0.39 is 5.82 Å². The van der Waals surface area contributed by atoms with Crippen LogP contribution in [-0.4, -0.2) is 31.8 Å². The number of rotatable bonds is 10. The molecule has 0 amide bonds. The second kappa shape index (κ2) is 11.4. The van der Waals surface area contributed by atoms with Gasteiger partial charge in [0, 0.05) is 36.3 Å². The molecular weight excluding hydrogens is 530 g/mol. The number of carbonyl (C=O) groups excluding carboxylic acids is 1. The normalized spacial score (nSPS) is 11.3. The van der Waals surface area contributed by atoms with Crippen molar-refractivity contribution in [1.82, 2.24) is 5.32 Å². The summed E-state index contributed by atoms with van der Waals surface area (Å²) in [5, 5.41) is 3.28. The van der Waals surface area contributed by atoms with Gasteiger partial charge in [-0.15, -0.1) is 0 Å². The van der Waals surface area contributed by atoms with E-state index in [1.807, 2.05) is 13.8 Å². The van der Waals surface area contributed by atoms with Gasteiger partial charge in [-0.25, -0.2) is 4.39 Å². The van der Waals surface area contributed by atoms with Crippen molar-refractivity contribution in [3.05, 3.63) is 60.7 Å². The number of hydrogen-bond donors (Lipinski definition) is 2. The molecule has 0 aliphatic rings. The van der Waals surface area contributed by atoms with Crippen molar-refractivity contribution in [2.75, 3.05) is 25.5 Å². The van der Waals surface area contributed by atoms with Crippen LogP contribution in [0.2, 0.25) is 5.02 Å². The van der Waals surface area contributed by atoms with Crippen molar-refractivity contribution in [2.24, 2.45) is 0 Å². The van der Waals surface area contributed by atoms with Crippen LogP contribution in [0.5, 0.6) is 0 Å². The Bertz CT molecular complexity index is 877. The average molecular weight is 553 g/mol. The quantitative estimate of drug-likeness (QED) is 0.238. The molecule has 5 nitrogen and oxygen atoms in total. The SMILES string of the molecule is CCOC(CNCc1cc(Br)c(C(=O)c2ccc(F)cc2Cl)c(Br)c1N)OCC. The standard InChI is InChI=1S/C20H22Br2ClFN2O3/c1-3-28-16(29-4-2)10-26-9-11-7-14(21)17(18(22)19(11)25)20(27)13-6-5-12(24)8-15(13)23/h5-8,16,26H,3-4,9-10,25H2,1-2H3. The number of nitrogens with two attached hydrogens (primary N) is 1. The number of nitrogens with one attached hydrogen (secondary N) is 1. The van der Waals surface area contributed by atoms with Gasteiger partial charge >= 0.3 is 0 Å². The van der Waals surface area contributed by atoms with Gasteiger partial charge in [0.25, 0.3) is 0 Å². The second-order valence-corrected chi connectivity index (χ2v) is 8.10. The molecule has 0 bridgehead atoms. The van der Waals surface area contributed by atoms with Gasteiger partial charge in [0.15, 0.2) is 12.1 Å². The number of hydrogen-bond acceptors (Lipinski definition) is 5. The van der Waals surface area contributed by atoms with Crippen molar-refractivity contribution in [3.63, 3.8) is 0 Å². The van der Waals surface area contributed by atoms with Gasteiger partial charge in [-0.1, -0.05) is 11.6 Å². The van der Waals surface area contributed by atoms with Crippen LogP contribution in [0, 0.1) is 5.82 Å². The fourth-order valence-corrected chi connectivity index (χ4v) is 4.53. The van der Waals surface area contributed by atoms with Crippen LogP contribution in [-0.2, 0) is 16.0 Å². The summed E-state index contributed by atoms with van der Waals surface area (Å²) in [5.41, 5.74) is 7.97. The van der Waals surface area contributed by atoms with Gasteiger partial charge < -0.3 is 20.5 Å². The Morgan fingerprint density at radius 3 is 2.48 bits per heavy atom. The molecule has 0 saturated carbocycles. The molecule has 0 aliphatic carbocycles. The van der Waals surface area contributed by atoms with Crippen molar-refractivity contribution in [3.8, 4) is 0 Å². The van der Waals surface area contributed by atoms with Crippen molar-refractivity contribution in [2.45, 2.75) is 26.7 Å². The van der Waals surface area contributed by atoms with Gasteiger partial charge in [-0.3, -0.25) is 4.79 Å². The van der Waals surface area contributed by atoms with Crippen molar-refractivity contribution in [1.29, 1.82) is 0 Å². The molecule has 2 aromatic carbocycles. The van der Waals surface area contributed by atoms with Crippen LogP contribution in [0.4, 0.5) is 10.1 Å². The Labute approximate surface area is 191 Å². The molecule has 0 radical (unpaired) electrons. The molecular formula is C20H22Br2ClFN2O3. The van der Waals surface area contributed by atoms with E-state index in [9.17, 15) is 9.18 Å². The Hall–Kier alpha value is -1.03. The highest BCUT2D eigenvalue weighted by atomic mass is 79.9. The average Bonchev–Trinajstić information content (AvgIpc) is 2.66. The Morgan fingerprint density at radius 1 is 1.24 bits per heavy atom. The third kappa shape index (κ3) is 6.23. The summed E-state index contributed by atoms with van der Waals surface area (Å²) in [6.07, 6.45) is -0.348. The lowest BCUT2D eigenvalue weighted by Crippen LogP contribution is -2.31. The predicted molar refractivity (Wildman–Crippen MR) is 120 cm³/mol. The molecule has 0 saturated heterocycles. The third-order valence-corrected chi connectivity index (χ3v) is 5.84. The first-order valence-electron chi connectivity index (χ1n) is 9.00. The summed E-state index contributed by atoms with van der Waals surface area (Å²) in [6.45, 7) is 5.85. The number of halogens is 4. The summed E-state index contributed by atoms with van der Waals surface area (Å²) in [7, 11) is 0. The van der Waals surface area contributed by atoms with Crippen LogP contribution in [0.1, 0.15) is 35.3 Å². The van der Waals surface area contributed by atoms with Gasteiger partial charge in [0.1, 0.15) is 5.82 Å². The maximum atomic E-state index is 13.3. The van der Waals surface area contributed by atoms with E-state index in [1.54, 1.807) is 6.07 Å². The minimum Gasteiger partial charge on any atom is -0.398 e. The number of carbonyl (C=O) groups is 1. The third-order valence-electron chi connectivity index (χ3n) is 4.08. The molecule has 0 aliphatic heterocycles. The van der Waals surface area contributed by atoms with E-state index in [4.69, 9.17) is 26.8 Å². The molecule has 3 N–H and O–H groups in total. The van der Waals surface area contributed by atoms with E-state index in [1.165, 1.54) is 12.1 Å². The molecule has 158 valence electrons.